The third kappa shape index (κ3) is 5.02. The van der Waals surface area contributed by atoms with E-state index in [9.17, 15) is 0 Å². The molecule has 1 aromatic carbocycles. The molecule has 1 nitrogen and oxygen atoms in total. The third-order valence-electron chi connectivity index (χ3n) is 2.70. The number of benzene rings is 1. The van der Waals surface area contributed by atoms with E-state index in [0.717, 1.165) is 16.6 Å². The lowest BCUT2D eigenvalue weighted by atomic mass is 10.1. The van der Waals surface area contributed by atoms with Crippen LogP contribution in [0.15, 0.2) is 28.7 Å². The summed E-state index contributed by atoms with van der Waals surface area (Å²) >= 11 is 3.42. The molecule has 0 fully saturated rings. The van der Waals surface area contributed by atoms with Crippen LogP contribution in [0.4, 0.5) is 0 Å². The number of hydrogen-bond acceptors (Lipinski definition) is 1. The molecule has 0 heterocycles. The number of halogens is 1. The molecule has 2 heteroatoms. The van der Waals surface area contributed by atoms with Crippen LogP contribution in [0.2, 0.25) is 0 Å². The van der Waals surface area contributed by atoms with Crippen LogP contribution >= 0.6 is 15.9 Å². The van der Waals surface area contributed by atoms with E-state index in [1.54, 1.807) is 0 Å². The molecule has 1 atom stereocenters. The third-order valence-corrected chi connectivity index (χ3v) is 3.23. The normalized spacial score (nSPS) is 12.4. The Hall–Kier alpha value is -0.500. The zero-order valence-corrected chi connectivity index (χ0v) is 11.8. The number of hydrogen-bond donors (Lipinski definition) is 0. The Kier molecular flexibility index (Phi) is 6.55. The lowest BCUT2D eigenvalue weighted by Gasteiger charge is -2.17. The predicted octanol–water partition coefficient (Wildman–Crippen LogP) is 5.19. The minimum Gasteiger partial charge on any atom is -0.490 e. The van der Waals surface area contributed by atoms with Crippen LogP contribution in [0.1, 0.15) is 46.0 Å². The van der Waals surface area contributed by atoms with Gasteiger partial charge >= 0.3 is 0 Å². The molecule has 1 rings (SSSR count). The van der Waals surface area contributed by atoms with E-state index in [-0.39, 0.29) is 0 Å². The maximum absolute atomic E-state index is 5.94. The highest BCUT2D eigenvalue weighted by Crippen LogP contribution is 2.20. The van der Waals surface area contributed by atoms with Gasteiger partial charge in [0.05, 0.1) is 6.10 Å². The first-order valence-corrected chi connectivity index (χ1v) is 6.97. The van der Waals surface area contributed by atoms with Crippen molar-refractivity contribution in [3.8, 4) is 5.75 Å². The van der Waals surface area contributed by atoms with Gasteiger partial charge in [0.2, 0.25) is 0 Å². The Morgan fingerprint density at radius 1 is 1.12 bits per heavy atom. The molecule has 0 saturated carbocycles. The maximum atomic E-state index is 5.94. The monoisotopic (exact) mass is 284 g/mol. The highest BCUT2D eigenvalue weighted by molar-refractivity contribution is 9.10. The van der Waals surface area contributed by atoms with Gasteiger partial charge in [-0.25, -0.2) is 0 Å². The van der Waals surface area contributed by atoms with Crippen LogP contribution in [0.25, 0.3) is 0 Å². The summed E-state index contributed by atoms with van der Waals surface area (Å²) in [6.07, 6.45) is 6.47. The van der Waals surface area contributed by atoms with Gasteiger partial charge in [-0.15, -0.1) is 0 Å². The number of rotatable bonds is 7. The standard InChI is InChI=1S/C14H21BrO/c1-3-5-6-7-13(4-2)16-14-10-8-12(15)9-11-14/h8-11,13H,3-7H2,1-2H3. The van der Waals surface area contributed by atoms with Crippen LogP contribution in [0, 0.1) is 0 Å². The Morgan fingerprint density at radius 3 is 2.38 bits per heavy atom. The highest BCUT2D eigenvalue weighted by atomic mass is 79.9. The molecule has 0 aliphatic heterocycles. The van der Waals surface area contributed by atoms with E-state index < -0.39 is 0 Å². The molecular weight excluding hydrogens is 264 g/mol. The van der Waals surface area contributed by atoms with Crippen molar-refractivity contribution in [1.29, 1.82) is 0 Å². The summed E-state index contributed by atoms with van der Waals surface area (Å²) in [7, 11) is 0. The van der Waals surface area contributed by atoms with Gasteiger partial charge in [0, 0.05) is 4.47 Å². The van der Waals surface area contributed by atoms with Crippen LogP contribution in [0.3, 0.4) is 0 Å². The second-order valence-corrected chi connectivity index (χ2v) is 5.01. The maximum Gasteiger partial charge on any atom is 0.119 e. The molecule has 1 unspecified atom stereocenters. The quantitative estimate of drug-likeness (QED) is 0.627. The van der Waals surface area contributed by atoms with Gasteiger partial charge in [-0.2, -0.15) is 0 Å². The molecule has 0 aliphatic rings. The van der Waals surface area contributed by atoms with Crippen molar-refractivity contribution in [2.45, 2.75) is 52.1 Å². The van der Waals surface area contributed by atoms with E-state index in [4.69, 9.17) is 4.74 Å². The van der Waals surface area contributed by atoms with Crippen molar-refractivity contribution in [2.75, 3.05) is 0 Å². The summed E-state index contributed by atoms with van der Waals surface area (Å²) < 4.78 is 7.04. The second-order valence-electron chi connectivity index (χ2n) is 4.10. The summed E-state index contributed by atoms with van der Waals surface area (Å²) in [4.78, 5) is 0. The molecule has 16 heavy (non-hydrogen) atoms. The van der Waals surface area contributed by atoms with Crippen molar-refractivity contribution in [3.63, 3.8) is 0 Å². The molecule has 0 aromatic heterocycles. The Morgan fingerprint density at radius 2 is 1.81 bits per heavy atom. The average Bonchev–Trinajstić information content (AvgIpc) is 2.31. The van der Waals surface area contributed by atoms with Crippen molar-refractivity contribution in [3.05, 3.63) is 28.7 Å². The first-order valence-electron chi connectivity index (χ1n) is 6.18. The molecule has 0 aliphatic carbocycles. The van der Waals surface area contributed by atoms with Gasteiger partial charge in [-0.05, 0) is 43.5 Å². The predicted molar refractivity (Wildman–Crippen MR) is 73.0 cm³/mol. The van der Waals surface area contributed by atoms with Gasteiger partial charge in [0.15, 0.2) is 0 Å². The van der Waals surface area contributed by atoms with Crippen LogP contribution < -0.4 is 4.74 Å². The molecule has 90 valence electrons. The van der Waals surface area contributed by atoms with E-state index >= 15 is 0 Å². The van der Waals surface area contributed by atoms with Crippen molar-refractivity contribution in [1.82, 2.24) is 0 Å². The topological polar surface area (TPSA) is 9.23 Å². The Balaban J connectivity index is 2.40. The molecule has 0 spiro atoms. The molecule has 0 saturated heterocycles. The molecule has 1 aromatic rings. The van der Waals surface area contributed by atoms with Gasteiger partial charge in [0.25, 0.3) is 0 Å². The molecular formula is C14H21BrO. The van der Waals surface area contributed by atoms with Crippen molar-refractivity contribution in [2.24, 2.45) is 0 Å². The summed E-state index contributed by atoms with van der Waals surface area (Å²) in [6.45, 7) is 4.42. The summed E-state index contributed by atoms with van der Waals surface area (Å²) in [5, 5.41) is 0. The Labute approximate surface area is 107 Å². The van der Waals surface area contributed by atoms with Crippen molar-refractivity contribution >= 4 is 15.9 Å². The lowest BCUT2D eigenvalue weighted by molar-refractivity contribution is 0.183. The fourth-order valence-electron chi connectivity index (χ4n) is 1.67. The van der Waals surface area contributed by atoms with Gasteiger partial charge in [-0.1, -0.05) is 42.6 Å². The van der Waals surface area contributed by atoms with Gasteiger partial charge in [0.1, 0.15) is 5.75 Å². The second kappa shape index (κ2) is 7.72. The molecule has 0 amide bonds. The molecule has 0 N–H and O–H groups in total. The summed E-state index contributed by atoms with van der Waals surface area (Å²) in [5.41, 5.74) is 0. The fraction of sp³-hybridized carbons (Fsp3) is 0.571. The minimum absolute atomic E-state index is 0.368. The van der Waals surface area contributed by atoms with E-state index in [2.05, 4.69) is 29.8 Å². The summed E-state index contributed by atoms with van der Waals surface area (Å²) in [6, 6.07) is 8.08. The lowest BCUT2D eigenvalue weighted by Crippen LogP contribution is -2.15. The van der Waals surface area contributed by atoms with E-state index in [1.165, 1.54) is 25.7 Å². The zero-order chi connectivity index (χ0) is 11.8. The largest absolute Gasteiger partial charge is 0.490 e. The van der Waals surface area contributed by atoms with Crippen molar-refractivity contribution < 1.29 is 4.74 Å². The highest BCUT2D eigenvalue weighted by Gasteiger charge is 2.07. The summed E-state index contributed by atoms with van der Waals surface area (Å²) in [5.74, 6) is 0.978. The number of ether oxygens (including phenoxy) is 1. The van der Waals surface area contributed by atoms with E-state index in [0.29, 0.717) is 6.10 Å². The van der Waals surface area contributed by atoms with Crippen LogP contribution in [-0.4, -0.2) is 6.10 Å². The first-order chi connectivity index (χ1) is 7.76. The van der Waals surface area contributed by atoms with Gasteiger partial charge in [-0.3, -0.25) is 0 Å². The SMILES string of the molecule is CCCCCC(CC)Oc1ccc(Br)cc1. The van der Waals surface area contributed by atoms with Crippen LogP contribution in [-0.2, 0) is 0 Å². The smallest absolute Gasteiger partial charge is 0.119 e. The first kappa shape index (κ1) is 13.6. The molecule has 0 bridgehead atoms. The minimum atomic E-state index is 0.368. The Bertz CT molecular complexity index is 281. The molecule has 0 radical (unpaired) electrons. The van der Waals surface area contributed by atoms with Gasteiger partial charge < -0.3 is 4.74 Å². The number of unbranched alkanes of at least 4 members (excludes halogenated alkanes) is 2. The zero-order valence-electron chi connectivity index (χ0n) is 10.2. The fourth-order valence-corrected chi connectivity index (χ4v) is 1.94. The van der Waals surface area contributed by atoms with Crippen LogP contribution in [0.5, 0.6) is 5.75 Å². The average molecular weight is 285 g/mol. The van der Waals surface area contributed by atoms with E-state index in [1.807, 2.05) is 24.3 Å².